The molecule has 3 nitrogen and oxygen atoms in total. The highest BCUT2D eigenvalue weighted by Gasteiger charge is 2.12. The topological polar surface area (TPSA) is 41.1 Å². The van der Waals surface area contributed by atoms with Crippen molar-refractivity contribution in [1.82, 2.24) is 0 Å². The minimum atomic E-state index is -0.0528. The van der Waals surface area contributed by atoms with Crippen LogP contribution in [0.5, 0.6) is 0 Å². The maximum absolute atomic E-state index is 12.4. The van der Waals surface area contributed by atoms with E-state index in [0.717, 1.165) is 34.3 Å². The van der Waals surface area contributed by atoms with Gasteiger partial charge in [-0.2, -0.15) is 0 Å². The molecular formula is C17H17IN2O. The number of rotatable bonds is 2. The summed E-state index contributed by atoms with van der Waals surface area (Å²) in [5, 5.41) is 6.33. The minimum Gasteiger partial charge on any atom is -0.385 e. The lowest BCUT2D eigenvalue weighted by Crippen LogP contribution is -2.15. The van der Waals surface area contributed by atoms with Crippen LogP contribution in [0, 0.1) is 10.5 Å². The van der Waals surface area contributed by atoms with E-state index in [9.17, 15) is 4.79 Å². The molecule has 2 aromatic rings. The summed E-state index contributed by atoms with van der Waals surface area (Å²) in [6, 6.07) is 11.8. The first-order valence-electron chi connectivity index (χ1n) is 7.08. The molecule has 108 valence electrons. The van der Waals surface area contributed by atoms with Crippen LogP contribution < -0.4 is 10.6 Å². The van der Waals surface area contributed by atoms with E-state index in [1.807, 2.05) is 36.4 Å². The average Bonchev–Trinajstić information content (AvgIpc) is 2.50. The minimum absolute atomic E-state index is 0.0528. The van der Waals surface area contributed by atoms with Crippen LogP contribution in [0.2, 0.25) is 0 Å². The van der Waals surface area contributed by atoms with Crippen LogP contribution in [-0.4, -0.2) is 12.5 Å². The lowest BCUT2D eigenvalue weighted by Gasteiger charge is -2.18. The number of aryl methyl sites for hydroxylation is 2. The van der Waals surface area contributed by atoms with Gasteiger partial charge in [0.05, 0.1) is 0 Å². The summed E-state index contributed by atoms with van der Waals surface area (Å²) in [7, 11) is 0. The molecule has 0 bridgehead atoms. The van der Waals surface area contributed by atoms with Crippen molar-refractivity contribution in [3.63, 3.8) is 0 Å². The van der Waals surface area contributed by atoms with Crippen LogP contribution in [0.1, 0.15) is 27.9 Å². The highest BCUT2D eigenvalue weighted by Crippen LogP contribution is 2.24. The zero-order chi connectivity index (χ0) is 14.8. The van der Waals surface area contributed by atoms with Crippen LogP contribution >= 0.6 is 22.6 Å². The summed E-state index contributed by atoms with van der Waals surface area (Å²) in [5.41, 5.74) is 5.16. The van der Waals surface area contributed by atoms with Crippen molar-refractivity contribution in [2.75, 3.05) is 17.2 Å². The molecule has 1 heterocycles. The van der Waals surface area contributed by atoms with E-state index >= 15 is 0 Å². The Labute approximate surface area is 138 Å². The fourth-order valence-electron chi connectivity index (χ4n) is 2.49. The molecule has 0 saturated heterocycles. The van der Waals surface area contributed by atoms with Gasteiger partial charge in [-0.3, -0.25) is 4.79 Å². The average molecular weight is 392 g/mol. The SMILES string of the molecule is Cc1ccc(NC(=O)c2ccc3c(c2)CCCN3)cc1I. The maximum Gasteiger partial charge on any atom is 0.255 e. The van der Waals surface area contributed by atoms with Gasteiger partial charge in [0, 0.05) is 27.1 Å². The molecular weight excluding hydrogens is 375 g/mol. The first-order chi connectivity index (χ1) is 10.1. The van der Waals surface area contributed by atoms with Crippen LogP contribution in [-0.2, 0) is 6.42 Å². The van der Waals surface area contributed by atoms with Gasteiger partial charge in [0.2, 0.25) is 0 Å². The first kappa shape index (κ1) is 14.4. The van der Waals surface area contributed by atoms with E-state index in [-0.39, 0.29) is 5.91 Å². The van der Waals surface area contributed by atoms with Gasteiger partial charge in [-0.15, -0.1) is 0 Å². The molecule has 0 radical (unpaired) electrons. The summed E-state index contributed by atoms with van der Waals surface area (Å²) in [6.45, 7) is 3.07. The van der Waals surface area contributed by atoms with Gasteiger partial charge in [-0.1, -0.05) is 6.07 Å². The molecule has 1 aliphatic rings. The Kier molecular flexibility index (Phi) is 4.14. The number of anilines is 2. The number of hydrogen-bond donors (Lipinski definition) is 2. The number of halogens is 1. The summed E-state index contributed by atoms with van der Waals surface area (Å²) in [4.78, 5) is 12.4. The molecule has 21 heavy (non-hydrogen) atoms. The molecule has 1 amide bonds. The first-order valence-corrected chi connectivity index (χ1v) is 8.16. The number of hydrogen-bond acceptors (Lipinski definition) is 2. The highest BCUT2D eigenvalue weighted by atomic mass is 127. The van der Waals surface area contributed by atoms with Crippen molar-refractivity contribution in [3.05, 3.63) is 56.7 Å². The van der Waals surface area contributed by atoms with Crippen molar-refractivity contribution < 1.29 is 4.79 Å². The van der Waals surface area contributed by atoms with E-state index in [1.165, 1.54) is 11.1 Å². The Bertz CT molecular complexity index is 697. The Balaban J connectivity index is 1.80. The molecule has 3 rings (SSSR count). The molecule has 0 aliphatic carbocycles. The number of carbonyl (C=O) groups is 1. The van der Waals surface area contributed by atoms with Gasteiger partial charge in [-0.25, -0.2) is 0 Å². The summed E-state index contributed by atoms with van der Waals surface area (Å²) < 4.78 is 1.15. The smallest absolute Gasteiger partial charge is 0.255 e. The van der Waals surface area contributed by atoms with Crippen LogP contribution in [0.25, 0.3) is 0 Å². The normalized spacial score (nSPS) is 13.2. The zero-order valence-electron chi connectivity index (χ0n) is 11.9. The Morgan fingerprint density at radius 1 is 1.24 bits per heavy atom. The fraction of sp³-hybridized carbons (Fsp3) is 0.235. The zero-order valence-corrected chi connectivity index (χ0v) is 14.0. The third-order valence-electron chi connectivity index (χ3n) is 3.74. The van der Waals surface area contributed by atoms with E-state index in [2.05, 4.69) is 40.1 Å². The van der Waals surface area contributed by atoms with Gasteiger partial charge in [0.25, 0.3) is 5.91 Å². The van der Waals surface area contributed by atoms with Crippen molar-refractivity contribution in [2.45, 2.75) is 19.8 Å². The summed E-state index contributed by atoms with van der Waals surface area (Å²) in [6.07, 6.45) is 2.15. The molecule has 0 spiro atoms. The largest absolute Gasteiger partial charge is 0.385 e. The van der Waals surface area contributed by atoms with Gasteiger partial charge in [0.1, 0.15) is 0 Å². The molecule has 0 atom stereocenters. The number of amides is 1. The second-order valence-corrected chi connectivity index (χ2v) is 6.48. The van der Waals surface area contributed by atoms with E-state index in [1.54, 1.807) is 0 Å². The Hall–Kier alpha value is -1.56. The van der Waals surface area contributed by atoms with Gasteiger partial charge < -0.3 is 10.6 Å². The molecule has 1 aliphatic heterocycles. The van der Waals surface area contributed by atoms with Gasteiger partial charge >= 0.3 is 0 Å². The number of nitrogens with one attached hydrogen (secondary N) is 2. The summed E-state index contributed by atoms with van der Waals surface area (Å²) >= 11 is 2.28. The Morgan fingerprint density at radius 2 is 2.10 bits per heavy atom. The van der Waals surface area contributed by atoms with E-state index in [4.69, 9.17) is 0 Å². The van der Waals surface area contributed by atoms with E-state index < -0.39 is 0 Å². The standard InChI is InChI=1S/C17H17IN2O/c1-11-4-6-14(10-15(11)18)20-17(21)13-5-7-16-12(9-13)3-2-8-19-16/h4-7,9-10,19H,2-3,8H2,1H3,(H,20,21). The van der Waals surface area contributed by atoms with Crippen molar-refractivity contribution in [1.29, 1.82) is 0 Å². The molecule has 0 saturated carbocycles. The Morgan fingerprint density at radius 3 is 2.90 bits per heavy atom. The number of fused-ring (bicyclic) bond motifs is 1. The lowest BCUT2D eigenvalue weighted by molar-refractivity contribution is 0.102. The van der Waals surface area contributed by atoms with Crippen molar-refractivity contribution in [2.24, 2.45) is 0 Å². The molecule has 2 N–H and O–H groups in total. The second-order valence-electron chi connectivity index (χ2n) is 5.32. The van der Waals surface area contributed by atoms with Crippen LogP contribution in [0.15, 0.2) is 36.4 Å². The molecule has 4 heteroatoms. The molecule has 0 unspecified atom stereocenters. The molecule has 0 aromatic heterocycles. The van der Waals surface area contributed by atoms with Crippen molar-refractivity contribution >= 4 is 39.9 Å². The maximum atomic E-state index is 12.4. The monoisotopic (exact) mass is 392 g/mol. The predicted octanol–water partition coefficient (Wildman–Crippen LogP) is 4.21. The number of benzene rings is 2. The lowest BCUT2D eigenvalue weighted by atomic mass is 10.0. The molecule has 0 fully saturated rings. The summed E-state index contributed by atoms with van der Waals surface area (Å²) in [5.74, 6) is -0.0528. The fourth-order valence-corrected chi connectivity index (χ4v) is 3.01. The quantitative estimate of drug-likeness (QED) is 0.752. The van der Waals surface area contributed by atoms with Crippen LogP contribution in [0.4, 0.5) is 11.4 Å². The van der Waals surface area contributed by atoms with Gasteiger partial charge in [0.15, 0.2) is 0 Å². The third kappa shape index (κ3) is 3.20. The third-order valence-corrected chi connectivity index (χ3v) is 4.90. The molecule has 2 aromatic carbocycles. The number of carbonyl (C=O) groups excluding carboxylic acids is 1. The second kappa shape index (κ2) is 6.05. The predicted molar refractivity (Wildman–Crippen MR) is 95.1 cm³/mol. The van der Waals surface area contributed by atoms with Crippen molar-refractivity contribution in [3.8, 4) is 0 Å². The van der Waals surface area contributed by atoms with Gasteiger partial charge in [-0.05, 0) is 83.8 Å². The van der Waals surface area contributed by atoms with Crippen LogP contribution in [0.3, 0.4) is 0 Å². The highest BCUT2D eigenvalue weighted by molar-refractivity contribution is 14.1. The van der Waals surface area contributed by atoms with E-state index in [0.29, 0.717) is 5.56 Å².